The molecule has 2 N–H and O–H groups in total. The van der Waals surface area contributed by atoms with Crippen LogP contribution in [0.3, 0.4) is 0 Å². The third-order valence-corrected chi connectivity index (χ3v) is 7.98. The first-order valence-corrected chi connectivity index (χ1v) is 14.0. The summed E-state index contributed by atoms with van der Waals surface area (Å²) < 4.78 is 49.2. The Kier molecular flexibility index (Phi) is 9.10. The molecule has 13 heteroatoms. The number of rotatable bonds is 11. The highest BCUT2D eigenvalue weighted by molar-refractivity contribution is 7.89. The van der Waals surface area contributed by atoms with Gasteiger partial charge in [-0.2, -0.15) is 4.31 Å². The minimum Gasteiger partial charge on any atom is -0.495 e. The lowest BCUT2D eigenvalue weighted by atomic mass is 10.0. The number of carbonyl (C=O) groups is 3. The van der Waals surface area contributed by atoms with Gasteiger partial charge >= 0.3 is 18.0 Å². The molecular formula is C28H29N3O9S. The fourth-order valence-electron chi connectivity index (χ4n) is 4.17. The van der Waals surface area contributed by atoms with Gasteiger partial charge in [-0.05, 0) is 42.8 Å². The summed E-state index contributed by atoms with van der Waals surface area (Å²) >= 11 is 0. The maximum Gasteiger partial charge on any atom is 0.338 e. The maximum absolute atomic E-state index is 13.4. The van der Waals surface area contributed by atoms with Crippen LogP contribution in [0, 0.1) is 0 Å². The Morgan fingerprint density at radius 2 is 1.78 bits per heavy atom. The lowest BCUT2D eigenvalue weighted by Crippen LogP contribution is -2.47. The first-order valence-electron chi connectivity index (χ1n) is 12.5. The molecule has 2 aromatic carbocycles. The van der Waals surface area contributed by atoms with Crippen LogP contribution < -0.4 is 15.4 Å². The quantitative estimate of drug-likeness (QED) is 0.324. The van der Waals surface area contributed by atoms with Crippen LogP contribution >= 0.6 is 0 Å². The van der Waals surface area contributed by atoms with Crippen molar-refractivity contribution in [3.8, 4) is 5.75 Å². The molecule has 1 aliphatic heterocycles. The summed E-state index contributed by atoms with van der Waals surface area (Å²) in [5.41, 5.74) is 0.676. The van der Waals surface area contributed by atoms with Gasteiger partial charge < -0.3 is 29.3 Å². The fraction of sp³-hybridized carbons (Fsp3) is 0.250. The van der Waals surface area contributed by atoms with Crippen LogP contribution in [-0.4, -0.2) is 58.1 Å². The largest absolute Gasteiger partial charge is 0.495 e. The van der Waals surface area contributed by atoms with Gasteiger partial charge in [0.1, 0.15) is 29.1 Å². The molecule has 1 aliphatic rings. The second-order valence-electron chi connectivity index (χ2n) is 8.85. The number of amides is 2. The number of hydrogen-bond acceptors (Lipinski definition) is 9. The smallest absolute Gasteiger partial charge is 0.338 e. The second-order valence-corrected chi connectivity index (χ2v) is 10.9. The lowest BCUT2D eigenvalue weighted by Gasteiger charge is -2.27. The average Bonchev–Trinajstić information content (AvgIpc) is 3.51. The summed E-state index contributed by atoms with van der Waals surface area (Å²) in [7, 11) is -1.34. The summed E-state index contributed by atoms with van der Waals surface area (Å²) in [5, 5.41) is 5.08. The molecule has 216 valence electrons. The Morgan fingerprint density at radius 3 is 2.44 bits per heavy atom. The van der Waals surface area contributed by atoms with Crippen LogP contribution in [0.2, 0.25) is 0 Å². The number of benzene rings is 2. The van der Waals surface area contributed by atoms with E-state index >= 15 is 0 Å². The summed E-state index contributed by atoms with van der Waals surface area (Å²) in [6.07, 6.45) is 1.39. The standard InChI is InChI=1S/C28H29N3O9S/c1-4-38-27(33)24-20(29-28(34)30-25(24)22-11-8-14-39-22)17-40-26(32)19-12-13-21(37-3)23(15-19)41(35,36)31(2)16-18-9-6-5-7-10-18/h5-15,25H,4,16-17H2,1-3H3,(H2,29,30,34). The van der Waals surface area contributed by atoms with Crippen molar-refractivity contribution in [2.24, 2.45) is 0 Å². The third kappa shape index (κ3) is 6.58. The van der Waals surface area contributed by atoms with Gasteiger partial charge in [0.25, 0.3) is 0 Å². The monoisotopic (exact) mass is 583 g/mol. The maximum atomic E-state index is 13.4. The lowest BCUT2D eigenvalue weighted by molar-refractivity contribution is -0.139. The molecule has 2 heterocycles. The number of esters is 2. The number of methoxy groups -OCH3 is 1. The molecule has 1 unspecified atom stereocenters. The van der Waals surface area contributed by atoms with E-state index in [0.717, 1.165) is 15.9 Å². The zero-order valence-electron chi connectivity index (χ0n) is 22.6. The number of ether oxygens (including phenoxy) is 3. The number of nitrogens with one attached hydrogen (secondary N) is 2. The van der Waals surface area contributed by atoms with Crippen LogP contribution in [-0.2, 0) is 30.8 Å². The van der Waals surface area contributed by atoms with E-state index in [1.807, 2.05) is 6.07 Å². The van der Waals surface area contributed by atoms with Crippen molar-refractivity contribution in [3.63, 3.8) is 0 Å². The van der Waals surface area contributed by atoms with Crippen LogP contribution in [0.15, 0.2) is 87.5 Å². The normalized spacial score (nSPS) is 15.2. The molecule has 0 radical (unpaired) electrons. The molecular weight excluding hydrogens is 554 g/mol. The van der Waals surface area contributed by atoms with Crippen molar-refractivity contribution in [2.75, 3.05) is 27.4 Å². The van der Waals surface area contributed by atoms with E-state index in [1.54, 1.807) is 43.3 Å². The van der Waals surface area contributed by atoms with E-state index in [-0.39, 0.29) is 46.4 Å². The van der Waals surface area contributed by atoms with Crippen LogP contribution in [0.4, 0.5) is 4.79 Å². The van der Waals surface area contributed by atoms with Gasteiger partial charge in [-0.1, -0.05) is 30.3 Å². The van der Waals surface area contributed by atoms with Crippen LogP contribution in [0.25, 0.3) is 0 Å². The Bertz CT molecular complexity index is 1550. The first kappa shape index (κ1) is 29.4. The van der Waals surface area contributed by atoms with Crippen LogP contribution in [0.1, 0.15) is 34.6 Å². The van der Waals surface area contributed by atoms with Crippen molar-refractivity contribution in [1.29, 1.82) is 0 Å². The fourth-order valence-corrected chi connectivity index (χ4v) is 5.51. The Hall–Kier alpha value is -4.62. The van der Waals surface area contributed by atoms with E-state index in [4.69, 9.17) is 18.6 Å². The third-order valence-electron chi connectivity index (χ3n) is 6.16. The molecule has 0 saturated carbocycles. The summed E-state index contributed by atoms with van der Waals surface area (Å²) in [5.74, 6) is -1.32. The Morgan fingerprint density at radius 1 is 1.02 bits per heavy atom. The summed E-state index contributed by atoms with van der Waals surface area (Å²) in [6.45, 7) is 1.27. The number of urea groups is 1. The zero-order valence-corrected chi connectivity index (χ0v) is 23.4. The molecule has 1 aromatic heterocycles. The van der Waals surface area contributed by atoms with Gasteiger partial charge in [0.15, 0.2) is 0 Å². The molecule has 0 aliphatic carbocycles. The minimum absolute atomic E-state index is 0.00488. The van der Waals surface area contributed by atoms with E-state index in [2.05, 4.69) is 10.6 Å². The SMILES string of the molecule is CCOC(=O)C1=C(COC(=O)c2ccc(OC)c(S(=O)(=O)N(C)Cc3ccccc3)c2)NC(=O)NC1c1ccco1. The van der Waals surface area contributed by atoms with Gasteiger partial charge in [0.05, 0.1) is 36.8 Å². The first-order chi connectivity index (χ1) is 19.6. The second kappa shape index (κ2) is 12.7. The van der Waals surface area contributed by atoms with Crippen LogP contribution in [0.5, 0.6) is 5.75 Å². The van der Waals surface area contributed by atoms with E-state index < -0.39 is 40.6 Å². The predicted octanol–water partition coefficient (Wildman–Crippen LogP) is 3.14. The summed E-state index contributed by atoms with van der Waals surface area (Å²) in [6, 6.07) is 14.4. The number of hydrogen-bond donors (Lipinski definition) is 2. The van der Waals surface area contributed by atoms with E-state index in [1.165, 1.54) is 32.6 Å². The molecule has 41 heavy (non-hydrogen) atoms. The Labute approximate surface area is 236 Å². The highest BCUT2D eigenvalue weighted by Gasteiger charge is 2.36. The van der Waals surface area contributed by atoms with Crippen molar-refractivity contribution >= 4 is 28.0 Å². The average molecular weight is 584 g/mol. The van der Waals surface area contributed by atoms with E-state index in [9.17, 15) is 22.8 Å². The molecule has 0 bridgehead atoms. The molecule has 2 amide bonds. The molecule has 12 nitrogen and oxygen atoms in total. The zero-order chi connectivity index (χ0) is 29.6. The van der Waals surface area contributed by atoms with Crippen molar-refractivity contribution in [3.05, 3.63) is 95.1 Å². The number of nitrogens with zero attached hydrogens (tertiary/aromatic N) is 1. The minimum atomic E-state index is -4.08. The number of carbonyl (C=O) groups excluding carboxylic acids is 3. The summed E-state index contributed by atoms with van der Waals surface area (Å²) in [4.78, 5) is 38.0. The molecule has 3 aromatic rings. The van der Waals surface area contributed by atoms with E-state index in [0.29, 0.717) is 0 Å². The van der Waals surface area contributed by atoms with Gasteiger partial charge in [-0.3, -0.25) is 0 Å². The van der Waals surface area contributed by atoms with Gasteiger partial charge in [0, 0.05) is 13.6 Å². The number of sulfonamides is 1. The van der Waals surface area contributed by atoms with Crippen molar-refractivity contribution in [2.45, 2.75) is 24.4 Å². The van der Waals surface area contributed by atoms with Gasteiger partial charge in [0.2, 0.25) is 10.0 Å². The number of furan rings is 1. The topological polar surface area (TPSA) is 153 Å². The highest BCUT2D eigenvalue weighted by atomic mass is 32.2. The molecule has 0 fully saturated rings. The Balaban J connectivity index is 1.60. The molecule has 0 spiro atoms. The van der Waals surface area contributed by atoms with Gasteiger partial charge in [-0.15, -0.1) is 0 Å². The highest BCUT2D eigenvalue weighted by Crippen LogP contribution is 2.30. The molecule has 0 saturated heterocycles. The molecule has 1 atom stereocenters. The van der Waals surface area contributed by atoms with Crippen molar-refractivity contribution in [1.82, 2.24) is 14.9 Å². The predicted molar refractivity (Wildman–Crippen MR) is 145 cm³/mol. The van der Waals surface area contributed by atoms with Gasteiger partial charge in [-0.25, -0.2) is 22.8 Å². The van der Waals surface area contributed by atoms with Crippen molar-refractivity contribution < 1.29 is 41.4 Å². The molecule has 4 rings (SSSR count).